The smallest absolute Gasteiger partial charge is 0.153 e. The third kappa shape index (κ3) is 2.71. The van der Waals surface area contributed by atoms with Gasteiger partial charge in [-0.15, -0.1) is 0 Å². The summed E-state index contributed by atoms with van der Waals surface area (Å²) in [6, 6.07) is 2.82. The second-order valence-electron chi connectivity index (χ2n) is 3.96. The minimum Gasteiger partial charge on any atom is -0.397 e. The van der Waals surface area contributed by atoms with Crippen molar-refractivity contribution in [2.24, 2.45) is 0 Å². The molecule has 0 amide bonds. The molecule has 1 heterocycles. The SMILES string of the molecule is Nc1cc(Br)c(F)cc1N1CCS(=O)(=O)CC1. The molecule has 0 unspecified atom stereocenters. The highest BCUT2D eigenvalue weighted by Gasteiger charge is 2.23. The number of sulfone groups is 1. The molecule has 1 aromatic carbocycles. The number of benzene rings is 1. The van der Waals surface area contributed by atoms with Crippen molar-refractivity contribution in [1.29, 1.82) is 0 Å². The van der Waals surface area contributed by atoms with Gasteiger partial charge in [0.05, 0.1) is 27.4 Å². The standard InChI is InChI=1S/C10H12BrFN2O2S/c11-7-5-9(13)10(6-8(7)12)14-1-3-17(15,16)4-2-14/h5-6H,1-4,13H2. The van der Waals surface area contributed by atoms with Gasteiger partial charge >= 0.3 is 0 Å². The van der Waals surface area contributed by atoms with Crippen LogP contribution < -0.4 is 10.6 Å². The zero-order valence-corrected chi connectivity index (χ0v) is 11.4. The van der Waals surface area contributed by atoms with E-state index in [-0.39, 0.29) is 11.5 Å². The number of hydrogen-bond donors (Lipinski definition) is 1. The second kappa shape index (κ2) is 4.45. The van der Waals surface area contributed by atoms with Crippen molar-refractivity contribution in [3.63, 3.8) is 0 Å². The van der Waals surface area contributed by atoms with Crippen LogP contribution in [-0.4, -0.2) is 33.0 Å². The molecule has 0 bridgehead atoms. The van der Waals surface area contributed by atoms with Crippen LogP contribution in [0.15, 0.2) is 16.6 Å². The molecule has 2 N–H and O–H groups in total. The molecule has 4 nitrogen and oxygen atoms in total. The van der Waals surface area contributed by atoms with Crippen molar-refractivity contribution in [3.05, 3.63) is 22.4 Å². The number of anilines is 2. The maximum atomic E-state index is 13.4. The first kappa shape index (κ1) is 12.6. The van der Waals surface area contributed by atoms with E-state index in [2.05, 4.69) is 15.9 Å². The quantitative estimate of drug-likeness (QED) is 0.794. The predicted octanol–water partition coefficient (Wildman–Crippen LogP) is 1.41. The molecule has 2 rings (SSSR count). The Balaban J connectivity index is 2.27. The number of halogens is 2. The Morgan fingerprint density at radius 1 is 1.29 bits per heavy atom. The summed E-state index contributed by atoms with van der Waals surface area (Å²) >= 11 is 3.05. The number of nitrogens with zero attached hydrogens (tertiary/aromatic N) is 1. The molecular formula is C10H12BrFN2O2S. The van der Waals surface area contributed by atoms with Gasteiger partial charge in [0.2, 0.25) is 0 Å². The Labute approximate surface area is 108 Å². The lowest BCUT2D eigenvalue weighted by atomic mass is 10.2. The van der Waals surface area contributed by atoms with Gasteiger partial charge in [0.1, 0.15) is 5.82 Å². The van der Waals surface area contributed by atoms with E-state index in [0.717, 1.165) is 0 Å². The Morgan fingerprint density at radius 2 is 1.88 bits per heavy atom. The Morgan fingerprint density at radius 3 is 2.47 bits per heavy atom. The number of nitrogens with two attached hydrogens (primary N) is 1. The fourth-order valence-electron chi connectivity index (χ4n) is 1.78. The van der Waals surface area contributed by atoms with Gasteiger partial charge in [0, 0.05) is 19.2 Å². The second-order valence-corrected chi connectivity index (χ2v) is 7.12. The molecule has 0 radical (unpaired) electrons. The van der Waals surface area contributed by atoms with Crippen LogP contribution in [-0.2, 0) is 9.84 Å². The summed E-state index contributed by atoms with van der Waals surface area (Å²) in [5, 5.41) is 0. The molecule has 17 heavy (non-hydrogen) atoms. The molecule has 1 saturated heterocycles. The first-order valence-corrected chi connectivity index (χ1v) is 7.70. The van der Waals surface area contributed by atoms with Gasteiger partial charge in [0.25, 0.3) is 0 Å². The van der Waals surface area contributed by atoms with Gasteiger partial charge in [-0.25, -0.2) is 12.8 Å². The van der Waals surface area contributed by atoms with Gasteiger partial charge < -0.3 is 10.6 Å². The minimum atomic E-state index is -2.94. The summed E-state index contributed by atoms with van der Waals surface area (Å²) < 4.78 is 36.3. The van der Waals surface area contributed by atoms with Crippen LogP contribution in [0.25, 0.3) is 0 Å². The Bertz CT molecular complexity index is 533. The van der Waals surface area contributed by atoms with Crippen LogP contribution in [0.5, 0.6) is 0 Å². The lowest BCUT2D eigenvalue weighted by Gasteiger charge is -2.29. The summed E-state index contributed by atoms with van der Waals surface area (Å²) in [6.07, 6.45) is 0. The molecule has 1 aromatic rings. The van der Waals surface area contributed by atoms with Crippen LogP contribution >= 0.6 is 15.9 Å². The average molecular weight is 323 g/mol. The van der Waals surface area contributed by atoms with Gasteiger partial charge in [-0.2, -0.15) is 0 Å². The van der Waals surface area contributed by atoms with Gasteiger partial charge in [-0.1, -0.05) is 0 Å². The van der Waals surface area contributed by atoms with Crippen molar-refractivity contribution < 1.29 is 12.8 Å². The molecule has 1 aliphatic heterocycles. The zero-order chi connectivity index (χ0) is 12.6. The lowest BCUT2D eigenvalue weighted by Crippen LogP contribution is -2.40. The van der Waals surface area contributed by atoms with Gasteiger partial charge in [-0.3, -0.25) is 0 Å². The fourth-order valence-corrected chi connectivity index (χ4v) is 3.34. The Hall–Kier alpha value is -0.820. The largest absolute Gasteiger partial charge is 0.397 e. The molecular weight excluding hydrogens is 311 g/mol. The highest BCUT2D eigenvalue weighted by atomic mass is 79.9. The molecule has 7 heteroatoms. The van der Waals surface area contributed by atoms with Crippen LogP contribution in [0.4, 0.5) is 15.8 Å². The number of hydrogen-bond acceptors (Lipinski definition) is 4. The topological polar surface area (TPSA) is 63.4 Å². The van der Waals surface area contributed by atoms with E-state index in [0.29, 0.717) is 28.9 Å². The van der Waals surface area contributed by atoms with Crippen LogP contribution in [0.3, 0.4) is 0 Å². The van der Waals surface area contributed by atoms with E-state index in [9.17, 15) is 12.8 Å². The van der Waals surface area contributed by atoms with E-state index in [1.807, 2.05) is 0 Å². The highest BCUT2D eigenvalue weighted by Crippen LogP contribution is 2.30. The Kier molecular flexibility index (Phi) is 3.31. The van der Waals surface area contributed by atoms with E-state index in [4.69, 9.17) is 5.73 Å². The molecule has 0 spiro atoms. The summed E-state index contributed by atoms with van der Waals surface area (Å²) in [5.74, 6) is -0.225. The van der Waals surface area contributed by atoms with E-state index < -0.39 is 15.7 Å². The summed E-state index contributed by atoms with van der Waals surface area (Å²) in [7, 11) is -2.94. The summed E-state index contributed by atoms with van der Waals surface area (Å²) in [4.78, 5) is 1.80. The van der Waals surface area contributed by atoms with Gasteiger partial charge in [0.15, 0.2) is 9.84 Å². The fraction of sp³-hybridized carbons (Fsp3) is 0.400. The van der Waals surface area contributed by atoms with Crippen LogP contribution in [0.1, 0.15) is 0 Å². The summed E-state index contributed by atoms with van der Waals surface area (Å²) in [6.45, 7) is 0.710. The van der Waals surface area contributed by atoms with Crippen molar-refractivity contribution in [2.45, 2.75) is 0 Å². The zero-order valence-electron chi connectivity index (χ0n) is 8.99. The molecule has 1 aliphatic rings. The summed E-state index contributed by atoms with van der Waals surface area (Å²) in [5.41, 5.74) is 6.80. The molecule has 0 atom stereocenters. The van der Waals surface area contributed by atoms with Crippen molar-refractivity contribution in [3.8, 4) is 0 Å². The van der Waals surface area contributed by atoms with Crippen molar-refractivity contribution in [1.82, 2.24) is 0 Å². The third-order valence-corrected chi connectivity index (χ3v) is 4.97. The van der Waals surface area contributed by atoms with Crippen LogP contribution in [0.2, 0.25) is 0 Å². The van der Waals surface area contributed by atoms with E-state index in [1.54, 1.807) is 4.90 Å². The average Bonchev–Trinajstić information content (AvgIpc) is 2.24. The highest BCUT2D eigenvalue weighted by molar-refractivity contribution is 9.10. The molecule has 0 saturated carbocycles. The number of nitrogen functional groups attached to an aromatic ring is 1. The monoisotopic (exact) mass is 322 g/mol. The first-order chi connectivity index (χ1) is 7.89. The normalized spacial score (nSPS) is 19.3. The minimum absolute atomic E-state index is 0.0874. The van der Waals surface area contributed by atoms with E-state index >= 15 is 0 Å². The maximum absolute atomic E-state index is 13.4. The maximum Gasteiger partial charge on any atom is 0.153 e. The first-order valence-electron chi connectivity index (χ1n) is 5.09. The molecule has 1 fully saturated rings. The van der Waals surface area contributed by atoms with Crippen molar-refractivity contribution in [2.75, 3.05) is 35.2 Å². The van der Waals surface area contributed by atoms with Crippen molar-refractivity contribution >= 4 is 37.1 Å². The lowest BCUT2D eigenvalue weighted by molar-refractivity contribution is 0.586. The molecule has 94 valence electrons. The van der Waals surface area contributed by atoms with Crippen LogP contribution in [0, 0.1) is 5.82 Å². The van der Waals surface area contributed by atoms with Gasteiger partial charge in [-0.05, 0) is 22.0 Å². The molecule has 0 aromatic heterocycles. The predicted molar refractivity (Wildman–Crippen MR) is 69.4 cm³/mol. The van der Waals surface area contributed by atoms with E-state index in [1.165, 1.54) is 12.1 Å². The molecule has 0 aliphatic carbocycles. The third-order valence-electron chi connectivity index (χ3n) is 2.75. The number of rotatable bonds is 1.